The number of carbonyl (C=O) groups is 1. The average molecular weight is 308 g/mol. The molecule has 4 heteroatoms. The topological polar surface area (TPSA) is 45.5 Å². The van der Waals surface area contributed by atoms with E-state index in [9.17, 15) is 4.79 Å². The maximum Gasteiger partial charge on any atom is 0.223 e. The molecular weight excluding hydrogens is 288 g/mol. The molecule has 1 atom stereocenters. The van der Waals surface area contributed by atoms with E-state index < -0.39 is 5.66 Å². The van der Waals surface area contributed by atoms with Gasteiger partial charge >= 0.3 is 0 Å². The molecule has 1 amide bonds. The smallest absolute Gasteiger partial charge is 0.223 e. The highest BCUT2D eigenvalue weighted by molar-refractivity contribution is 5.84. The van der Waals surface area contributed by atoms with Crippen molar-refractivity contribution in [3.05, 3.63) is 60.1 Å². The van der Waals surface area contributed by atoms with Crippen LogP contribution in [0.3, 0.4) is 0 Å². The molecule has 0 bridgehead atoms. The van der Waals surface area contributed by atoms with Crippen LogP contribution in [0.15, 0.2) is 53.2 Å². The minimum atomic E-state index is -0.571. The van der Waals surface area contributed by atoms with Crippen LogP contribution in [-0.2, 0) is 10.2 Å². The minimum Gasteiger partial charge on any atom is -0.465 e. The fraction of sp³-hybridized carbons (Fsp3) is 0.316. The van der Waals surface area contributed by atoms with E-state index in [1.54, 1.807) is 6.26 Å². The summed E-state index contributed by atoms with van der Waals surface area (Å²) in [5.41, 5.74) is 1.63. The van der Waals surface area contributed by atoms with Crippen molar-refractivity contribution >= 4 is 17.7 Å². The predicted octanol–water partition coefficient (Wildman–Crippen LogP) is 3.31. The molecule has 2 aliphatic heterocycles. The summed E-state index contributed by atoms with van der Waals surface area (Å²) in [5, 5.41) is 3.25. The van der Waals surface area contributed by atoms with Crippen LogP contribution in [0.5, 0.6) is 0 Å². The van der Waals surface area contributed by atoms with Crippen LogP contribution >= 0.6 is 0 Å². The van der Waals surface area contributed by atoms with Crippen molar-refractivity contribution in [3.63, 3.8) is 0 Å². The molecule has 0 spiro atoms. The monoisotopic (exact) mass is 308 g/mol. The number of amides is 1. The van der Waals surface area contributed by atoms with E-state index in [0.717, 1.165) is 12.3 Å². The Kier molecular flexibility index (Phi) is 2.92. The number of fused-ring (bicyclic) bond motifs is 3. The molecule has 0 aliphatic carbocycles. The van der Waals surface area contributed by atoms with Gasteiger partial charge in [0.1, 0.15) is 11.4 Å². The second-order valence-electron chi connectivity index (χ2n) is 6.71. The van der Waals surface area contributed by atoms with Crippen LogP contribution < -0.4 is 10.2 Å². The number of benzene rings is 1. The first kappa shape index (κ1) is 14.1. The zero-order valence-corrected chi connectivity index (χ0v) is 13.4. The Morgan fingerprint density at radius 2 is 2.04 bits per heavy atom. The van der Waals surface area contributed by atoms with Gasteiger partial charge in [0, 0.05) is 24.1 Å². The summed E-state index contributed by atoms with van der Waals surface area (Å²) < 4.78 is 5.42. The lowest BCUT2D eigenvalue weighted by Gasteiger charge is -2.49. The molecule has 4 nitrogen and oxygen atoms in total. The molecule has 3 heterocycles. The van der Waals surface area contributed by atoms with E-state index >= 15 is 0 Å². The Bertz CT molecular complexity index is 776. The zero-order chi connectivity index (χ0) is 16.1. The molecule has 1 N–H and O–H groups in total. The quantitative estimate of drug-likeness (QED) is 0.926. The molecule has 118 valence electrons. The summed E-state index contributed by atoms with van der Waals surface area (Å²) in [4.78, 5) is 14.5. The van der Waals surface area contributed by atoms with Crippen LogP contribution in [0.1, 0.15) is 31.6 Å². The molecule has 2 aromatic rings. The summed E-state index contributed by atoms with van der Waals surface area (Å²) in [6, 6.07) is 12.2. The number of para-hydroxylation sites is 1. The van der Waals surface area contributed by atoms with Gasteiger partial charge in [0.15, 0.2) is 0 Å². The molecule has 1 aromatic heterocycles. The van der Waals surface area contributed by atoms with Crippen LogP contribution in [0, 0.1) is 0 Å². The maximum absolute atomic E-state index is 12.2. The standard InChI is InChI=1S/C19H20N2O2/c1-18(2)15-7-3-4-8-16(15)21-12-10-17(22)20-19(18,21)11-9-14-6-5-13-23-14/h3-9,11,13H,10,12H2,1-2H3,(H,20,22)/b11-9+/t19-/m1/s1. The largest absolute Gasteiger partial charge is 0.465 e. The van der Waals surface area contributed by atoms with E-state index in [4.69, 9.17) is 4.42 Å². The highest BCUT2D eigenvalue weighted by atomic mass is 16.3. The molecule has 4 rings (SSSR count). The number of furan rings is 1. The number of carbonyl (C=O) groups excluding carboxylic acids is 1. The van der Waals surface area contributed by atoms with Crippen LogP contribution in [0.4, 0.5) is 5.69 Å². The van der Waals surface area contributed by atoms with Crippen molar-refractivity contribution in [3.8, 4) is 0 Å². The van der Waals surface area contributed by atoms with Crippen molar-refractivity contribution < 1.29 is 9.21 Å². The summed E-state index contributed by atoms with van der Waals surface area (Å²) in [7, 11) is 0. The summed E-state index contributed by atoms with van der Waals surface area (Å²) in [6.07, 6.45) is 6.19. The lowest BCUT2D eigenvalue weighted by atomic mass is 9.74. The number of anilines is 1. The maximum atomic E-state index is 12.2. The average Bonchev–Trinajstić information content (AvgIpc) is 3.11. The van der Waals surface area contributed by atoms with E-state index in [2.05, 4.69) is 54.4 Å². The molecule has 0 unspecified atom stereocenters. The van der Waals surface area contributed by atoms with Gasteiger partial charge in [0.25, 0.3) is 0 Å². The van der Waals surface area contributed by atoms with Crippen molar-refractivity contribution in [1.82, 2.24) is 5.32 Å². The second-order valence-corrected chi connectivity index (χ2v) is 6.71. The van der Waals surface area contributed by atoms with E-state index in [0.29, 0.717) is 6.42 Å². The minimum absolute atomic E-state index is 0.0891. The number of nitrogens with one attached hydrogen (secondary N) is 1. The van der Waals surface area contributed by atoms with Crippen LogP contribution in [-0.4, -0.2) is 18.1 Å². The van der Waals surface area contributed by atoms with Gasteiger partial charge in [-0.05, 0) is 35.9 Å². The van der Waals surface area contributed by atoms with Gasteiger partial charge in [-0.2, -0.15) is 0 Å². The Balaban J connectivity index is 1.87. The number of hydrogen-bond acceptors (Lipinski definition) is 3. The number of hydrogen-bond donors (Lipinski definition) is 1. The van der Waals surface area contributed by atoms with Gasteiger partial charge in [-0.15, -0.1) is 0 Å². The summed E-state index contributed by atoms with van der Waals surface area (Å²) >= 11 is 0. The summed E-state index contributed by atoms with van der Waals surface area (Å²) in [6.45, 7) is 5.09. The molecule has 23 heavy (non-hydrogen) atoms. The van der Waals surface area contributed by atoms with Crippen molar-refractivity contribution in [2.75, 3.05) is 11.4 Å². The molecule has 1 fully saturated rings. The Labute approximate surface area is 135 Å². The van der Waals surface area contributed by atoms with Gasteiger partial charge in [-0.1, -0.05) is 32.0 Å². The second kappa shape index (κ2) is 4.75. The van der Waals surface area contributed by atoms with Gasteiger partial charge < -0.3 is 14.6 Å². The van der Waals surface area contributed by atoms with E-state index in [1.807, 2.05) is 18.2 Å². The Morgan fingerprint density at radius 3 is 2.83 bits per heavy atom. The SMILES string of the molecule is CC1(C)c2ccccc2N2CCC(=O)N[C@]21/C=C/c1ccco1. The first-order valence-electron chi connectivity index (χ1n) is 7.95. The zero-order valence-electron chi connectivity index (χ0n) is 13.4. The third-order valence-corrected chi connectivity index (χ3v) is 5.17. The van der Waals surface area contributed by atoms with Crippen LogP contribution in [0.2, 0.25) is 0 Å². The molecule has 0 radical (unpaired) electrons. The predicted molar refractivity (Wildman–Crippen MR) is 90.0 cm³/mol. The Morgan fingerprint density at radius 1 is 1.22 bits per heavy atom. The fourth-order valence-corrected chi connectivity index (χ4v) is 3.91. The highest BCUT2D eigenvalue weighted by Gasteiger charge is 2.57. The van der Waals surface area contributed by atoms with Gasteiger partial charge in [0.05, 0.1) is 6.26 Å². The van der Waals surface area contributed by atoms with E-state index in [1.165, 1.54) is 11.3 Å². The van der Waals surface area contributed by atoms with Crippen molar-refractivity contribution in [2.24, 2.45) is 0 Å². The third-order valence-electron chi connectivity index (χ3n) is 5.17. The summed E-state index contributed by atoms with van der Waals surface area (Å²) in [5.74, 6) is 0.872. The first-order valence-corrected chi connectivity index (χ1v) is 7.95. The normalized spacial score (nSPS) is 25.3. The number of rotatable bonds is 2. The van der Waals surface area contributed by atoms with Crippen molar-refractivity contribution in [2.45, 2.75) is 31.3 Å². The van der Waals surface area contributed by atoms with Gasteiger partial charge in [-0.25, -0.2) is 0 Å². The van der Waals surface area contributed by atoms with Crippen molar-refractivity contribution in [1.29, 1.82) is 0 Å². The van der Waals surface area contributed by atoms with Gasteiger partial charge in [-0.3, -0.25) is 4.79 Å². The molecule has 2 aliphatic rings. The fourth-order valence-electron chi connectivity index (χ4n) is 3.91. The highest BCUT2D eigenvalue weighted by Crippen LogP contribution is 2.52. The lowest BCUT2D eigenvalue weighted by molar-refractivity contribution is -0.124. The van der Waals surface area contributed by atoms with Gasteiger partial charge in [0.2, 0.25) is 5.91 Å². The molecule has 1 saturated heterocycles. The number of nitrogens with zero attached hydrogens (tertiary/aromatic N) is 1. The molecular formula is C19H20N2O2. The van der Waals surface area contributed by atoms with Crippen LogP contribution in [0.25, 0.3) is 6.08 Å². The Hall–Kier alpha value is -2.49. The third kappa shape index (κ3) is 1.87. The first-order chi connectivity index (χ1) is 11.0. The van der Waals surface area contributed by atoms with E-state index in [-0.39, 0.29) is 11.3 Å². The lowest BCUT2D eigenvalue weighted by Crippen LogP contribution is -2.68. The molecule has 1 aromatic carbocycles. The molecule has 0 saturated carbocycles.